The molecule has 0 fully saturated rings. The highest BCUT2D eigenvalue weighted by atomic mass is 79.9. The van der Waals surface area contributed by atoms with E-state index in [-0.39, 0.29) is 23.0 Å². The molecule has 0 saturated carbocycles. The van der Waals surface area contributed by atoms with E-state index in [1.165, 1.54) is 16.0 Å². The van der Waals surface area contributed by atoms with Crippen molar-refractivity contribution in [3.05, 3.63) is 80.9 Å². The van der Waals surface area contributed by atoms with Gasteiger partial charge in [0.2, 0.25) is 5.13 Å². The largest absolute Gasteiger partial charge is 0.493 e. The number of halogens is 1. The second kappa shape index (κ2) is 10.3. The van der Waals surface area contributed by atoms with Gasteiger partial charge in [-0.2, -0.15) is 5.10 Å². The highest BCUT2D eigenvalue weighted by molar-refractivity contribution is 8.93. The van der Waals surface area contributed by atoms with Gasteiger partial charge in [-0.1, -0.05) is 24.3 Å². The van der Waals surface area contributed by atoms with Gasteiger partial charge in [-0.3, -0.25) is 0 Å². The number of hydrogen-bond donors (Lipinski definition) is 0. The molecule has 0 saturated heterocycles. The Labute approximate surface area is 218 Å². The maximum absolute atomic E-state index is 5.57. The quantitative estimate of drug-likeness (QED) is 0.248. The summed E-state index contributed by atoms with van der Waals surface area (Å²) in [5.41, 5.74) is 6.85. The zero-order chi connectivity index (χ0) is 22.9. The van der Waals surface area contributed by atoms with Crippen LogP contribution in [-0.2, 0) is 0 Å². The molecule has 0 amide bonds. The van der Waals surface area contributed by atoms with Crippen LogP contribution in [0.3, 0.4) is 0 Å². The van der Waals surface area contributed by atoms with Crippen LogP contribution in [0.4, 0.5) is 5.13 Å². The molecule has 8 heteroatoms. The number of aryl methyl sites for hydroxylation is 2. The van der Waals surface area contributed by atoms with Gasteiger partial charge in [0, 0.05) is 17.4 Å². The molecule has 4 aromatic rings. The molecule has 0 bridgehead atoms. The number of benzene rings is 2. The van der Waals surface area contributed by atoms with Gasteiger partial charge in [0.05, 0.1) is 36.5 Å². The summed E-state index contributed by atoms with van der Waals surface area (Å²) in [5.74, 6) is 1.44. The number of thiophene rings is 1. The van der Waals surface area contributed by atoms with Crippen LogP contribution >= 0.6 is 39.7 Å². The van der Waals surface area contributed by atoms with Crippen LogP contribution < -0.4 is 14.5 Å². The molecule has 1 aliphatic rings. The number of nitrogens with zero attached hydrogens (tertiary/aromatic N) is 3. The number of hydrogen-bond acceptors (Lipinski definition) is 7. The maximum atomic E-state index is 5.57. The topological polar surface area (TPSA) is 47.0 Å². The van der Waals surface area contributed by atoms with Gasteiger partial charge in [0.25, 0.3) is 0 Å². The van der Waals surface area contributed by atoms with Gasteiger partial charge < -0.3 is 9.47 Å². The van der Waals surface area contributed by atoms with E-state index in [9.17, 15) is 0 Å². The number of aromatic nitrogens is 1. The summed E-state index contributed by atoms with van der Waals surface area (Å²) in [6, 6.07) is 16.8. The first-order chi connectivity index (χ1) is 16.1. The Morgan fingerprint density at radius 1 is 0.941 bits per heavy atom. The van der Waals surface area contributed by atoms with E-state index in [4.69, 9.17) is 19.6 Å². The molecule has 3 heterocycles. The average Bonchev–Trinajstić information content (AvgIpc) is 3.60. The van der Waals surface area contributed by atoms with Crippen LogP contribution in [0.25, 0.3) is 11.3 Å². The lowest BCUT2D eigenvalue weighted by atomic mass is 10.0. The molecular formula is C26H26BrN3O2S2. The van der Waals surface area contributed by atoms with E-state index in [1.807, 2.05) is 12.1 Å². The molecule has 0 spiro atoms. The number of methoxy groups -OCH3 is 2. The van der Waals surface area contributed by atoms with E-state index in [0.29, 0.717) is 0 Å². The minimum Gasteiger partial charge on any atom is -0.493 e. The van der Waals surface area contributed by atoms with Crippen LogP contribution in [-0.4, -0.2) is 24.9 Å². The van der Waals surface area contributed by atoms with Gasteiger partial charge in [0.15, 0.2) is 11.5 Å². The van der Waals surface area contributed by atoms with Gasteiger partial charge in [-0.25, -0.2) is 9.99 Å². The molecule has 2 aromatic carbocycles. The Morgan fingerprint density at radius 2 is 1.76 bits per heavy atom. The number of hydrazone groups is 1. The average molecular weight is 557 g/mol. The predicted molar refractivity (Wildman–Crippen MR) is 148 cm³/mol. The minimum absolute atomic E-state index is 0. The summed E-state index contributed by atoms with van der Waals surface area (Å²) < 4.78 is 11.0. The van der Waals surface area contributed by atoms with Crippen molar-refractivity contribution in [2.45, 2.75) is 26.3 Å². The molecular weight excluding hydrogens is 530 g/mol. The summed E-state index contributed by atoms with van der Waals surface area (Å²) in [6.45, 7) is 4.27. The lowest BCUT2D eigenvalue weighted by molar-refractivity contribution is 0.354. The fourth-order valence-electron chi connectivity index (χ4n) is 4.00. The summed E-state index contributed by atoms with van der Waals surface area (Å²) in [5, 5.41) is 12.2. The SMILES string of the molecule is Br.COc1ccc(C2CC(c3cccs3)=NN2c2nc(-c3ccc(C)c(C)c3)cs2)cc1OC. The normalized spacial score (nSPS) is 15.1. The Hall–Kier alpha value is -2.68. The Bertz CT molecular complexity index is 1320. The van der Waals surface area contributed by atoms with Crippen LogP contribution in [0.15, 0.2) is 64.4 Å². The first-order valence-corrected chi connectivity index (χ1v) is 12.5. The number of anilines is 1. The molecule has 1 unspecified atom stereocenters. The van der Waals surface area contributed by atoms with Crippen molar-refractivity contribution in [1.29, 1.82) is 0 Å². The van der Waals surface area contributed by atoms with Gasteiger partial charge >= 0.3 is 0 Å². The van der Waals surface area contributed by atoms with E-state index >= 15 is 0 Å². The van der Waals surface area contributed by atoms with Crippen LogP contribution in [0.1, 0.15) is 34.0 Å². The first kappa shape index (κ1) is 24.4. The zero-order valence-corrected chi connectivity index (χ0v) is 22.8. The van der Waals surface area contributed by atoms with Crippen molar-refractivity contribution in [1.82, 2.24) is 4.98 Å². The Kier molecular flexibility index (Phi) is 7.40. The molecule has 1 aliphatic heterocycles. The van der Waals surface area contributed by atoms with Gasteiger partial charge in [0.1, 0.15) is 0 Å². The van der Waals surface area contributed by atoms with Gasteiger partial charge in [-0.05, 0) is 60.2 Å². The van der Waals surface area contributed by atoms with Crippen molar-refractivity contribution in [2.75, 3.05) is 19.2 Å². The third-order valence-electron chi connectivity index (χ3n) is 6.00. The van der Waals surface area contributed by atoms with Crippen molar-refractivity contribution in [3.63, 3.8) is 0 Å². The van der Waals surface area contributed by atoms with Crippen molar-refractivity contribution in [2.24, 2.45) is 5.10 Å². The highest BCUT2D eigenvalue weighted by Crippen LogP contribution is 2.42. The summed E-state index contributed by atoms with van der Waals surface area (Å²) in [6.07, 6.45) is 0.800. The molecule has 176 valence electrons. The van der Waals surface area contributed by atoms with E-state index < -0.39 is 0 Å². The summed E-state index contributed by atoms with van der Waals surface area (Å²) in [7, 11) is 3.32. The molecule has 0 aliphatic carbocycles. The molecule has 2 aromatic heterocycles. The van der Waals surface area contributed by atoms with Crippen LogP contribution in [0, 0.1) is 13.8 Å². The lowest BCUT2D eigenvalue weighted by Crippen LogP contribution is -2.18. The smallest absolute Gasteiger partial charge is 0.207 e. The predicted octanol–water partition coefficient (Wildman–Crippen LogP) is 7.44. The molecule has 34 heavy (non-hydrogen) atoms. The van der Waals surface area contributed by atoms with Crippen molar-refractivity contribution < 1.29 is 9.47 Å². The third-order valence-corrected chi connectivity index (χ3v) is 7.75. The summed E-state index contributed by atoms with van der Waals surface area (Å²) in [4.78, 5) is 6.17. The van der Waals surface area contributed by atoms with Crippen molar-refractivity contribution in [3.8, 4) is 22.8 Å². The van der Waals surface area contributed by atoms with Crippen LogP contribution in [0.5, 0.6) is 11.5 Å². The van der Waals surface area contributed by atoms with Gasteiger partial charge in [-0.15, -0.1) is 39.7 Å². The second-order valence-electron chi connectivity index (χ2n) is 8.02. The van der Waals surface area contributed by atoms with E-state index in [2.05, 4.69) is 66.0 Å². The molecule has 5 nitrogen and oxygen atoms in total. The Balaban J connectivity index is 0.00000274. The second-order valence-corrected chi connectivity index (χ2v) is 9.80. The number of thiazole rings is 1. The number of ether oxygens (including phenoxy) is 2. The Morgan fingerprint density at radius 3 is 2.47 bits per heavy atom. The zero-order valence-electron chi connectivity index (χ0n) is 19.4. The fourth-order valence-corrected chi connectivity index (χ4v) is 5.55. The molecule has 5 rings (SSSR count). The maximum Gasteiger partial charge on any atom is 0.207 e. The molecule has 0 N–H and O–H groups in total. The third kappa shape index (κ3) is 4.62. The summed E-state index contributed by atoms with van der Waals surface area (Å²) >= 11 is 3.34. The first-order valence-electron chi connectivity index (χ1n) is 10.7. The number of rotatable bonds is 6. The fraction of sp³-hybridized carbons (Fsp3) is 0.231. The van der Waals surface area contributed by atoms with Crippen molar-refractivity contribution >= 4 is 50.5 Å². The lowest BCUT2D eigenvalue weighted by Gasteiger charge is -2.22. The standard InChI is InChI=1S/C26H25N3O2S2.BrH/c1-16-7-8-18(12-17(16)2)21-15-33-26(27-21)29-22(14-20(28-29)25-6-5-11-32-25)19-9-10-23(30-3)24(13-19)31-4;/h5-13,15,22H,14H2,1-4H3;1H. The van der Waals surface area contributed by atoms with E-state index in [0.717, 1.165) is 45.6 Å². The highest BCUT2D eigenvalue weighted by Gasteiger charge is 2.32. The molecule has 1 atom stereocenters. The van der Waals surface area contributed by atoms with E-state index in [1.54, 1.807) is 36.9 Å². The molecule has 0 radical (unpaired) electrons. The monoisotopic (exact) mass is 555 g/mol. The minimum atomic E-state index is 0. The van der Waals surface area contributed by atoms with Crippen LogP contribution in [0.2, 0.25) is 0 Å².